The van der Waals surface area contributed by atoms with Crippen molar-refractivity contribution in [2.75, 3.05) is 25.9 Å². The van der Waals surface area contributed by atoms with Crippen LogP contribution in [0.2, 0.25) is 0 Å². The van der Waals surface area contributed by atoms with Crippen molar-refractivity contribution >= 4 is 11.6 Å². The molecule has 100 valence electrons. The van der Waals surface area contributed by atoms with Crippen LogP contribution in [0.3, 0.4) is 0 Å². The fourth-order valence-electron chi connectivity index (χ4n) is 1.53. The molecular weight excluding hydrogens is 226 g/mol. The molecule has 1 amide bonds. The smallest absolute Gasteiger partial charge is 0.251 e. The van der Waals surface area contributed by atoms with Crippen molar-refractivity contribution in [3.05, 3.63) is 29.8 Å². The van der Waals surface area contributed by atoms with Crippen LogP contribution in [0.25, 0.3) is 0 Å². The lowest BCUT2D eigenvalue weighted by Gasteiger charge is -2.20. The van der Waals surface area contributed by atoms with Gasteiger partial charge in [-0.3, -0.25) is 4.79 Å². The minimum absolute atomic E-state index is 0.0396. The van der Waals surface area contributed by atoms with Crippen molar-refractivity contribution in [1.82, 2.24) is 10.2 Å². The first-order valence-electron chi connectivity index (χ1n) is 6.34. The monoisotopic (exact) mass is 249 g/mol. The number of nitrogens with zero attached hydrogens (tertiary/aromatic N) is 1. The van der Waals surface area contributed by atoms with E-state index >= 15 is 0 Å². The summed E-state index contributed by atoms with van der Waals surface area (Å²) in [6.45, 7) is 6.00. The van der Waals surface area contributed by atoms with Gasteiger partial charge in [0.15, 0.2) is 0 Å². The van der Waals surface area contributed by atoms with E-state index in [9.17, 15) is 4.79 Å². The van der Waals surface area contributed by atoms with E-state index in [2.05, 4.69) is 31.1 Å². The predicted octanol–water partition coefficient (Wildman–Crippen LogP) is 1.73. The van der Waals surface area contributed by atoms with Crippen molar-refractivity contribution in [2.45, 2.75) is 26.3 Å². The second-order valence-electron chi connectivity index (χ2n) is 4.81. The Morgan fingerprint density at radius 3 is 2.50 bits per heavy atom. The van der Waals surface area contributed by atoms with Gasteiger partial charge in [-0.05, 0) is 58.1 Å². The zero-order valence-electron chi connectivity index (χ0n) is 11.4. The molecule has 0 unspecified atom stereocenters. The number of anilines is 1. The predicted molar refractivity (Wildman–Crippen MR) is 75.6 cm³/mol. The molecule has 18 heavy (non-hydrogen) atoms. The topological polar surface area (TPSA) is 58.4 Å². The summed E-state index contributed by atoms with van der Waals surface area (Å²) in [7, 11) is 2.09. The first-order chi connectivity index (χ1) is 8.50. The van der Waals surface area contributed by atoms with E-state index in [1.807, 2.05) is 0 Å². The Labute approximate surface area is 109 Å². The standard InChI is InChI=1S/C14H23N3O/c1-11(2)17(3)10-4-9-16-14(18)12-5-7-13(15)8-6-12/h5-8,11H,4,9-10,15H2,1-3H3,(H,16,18). The van der Waals surface area contributed by atoms with Gasteiger partial charge in [0.1, 0.15) is 0 Å². The summed E-state index contributed by atoms with van der Waals surface area (Å²) in [6, 6.07) is 7.50. The minimum atomic E-state index is -0.0396. The zero-order chi connectivity index (χ0) is 13.5. The molecule has 0 aliphatic heterocycles. The number of hydrogen-bond donors (Lipinski definition) is 2. The van der Waals surface area contributed by atoms with E-state index in [1.54, 1.807) is 24.3 Å². The Bertz CT molecular complexity index is 373. The number of carbonyl (C=O) groups is 1. The van der Waals surface area contributed by atoms with Crippen LogP contribution in [-0.2, 0) is 0 Å². The second-order valence-corrected chi connectivity index (χ2v) is 4.81. The third-order valence-electron chi connectivity index (χ3n) is 3.03. The highest BCUT2D eigenvalue weighted by atomic mass is 16.1. The molecule has 0 bridgehead atoms. The van der Waals surface area contributed by atoms with Crippen LogP contribution in [0.4, 0.5) is 5.69 Å². The van der Waals surface area contributed by atoms with Gasteiger partial charge in [0.2, 0.25) is 0 Å². The average molecular weight is 249 g/mol. The van der Waals surface area contributed by atoms with E-state index in [0.717, 1.165) is 13.0 Å². The number of amides is 1. The Kier molecular flexibility index (Phi) is 5.65. The second kappa shape index (κ2) is 7.01. The fourth-order valence-corrected chi connectivity index (χ4v) is 1.53. The van der Waals surface area contributed by atoms with Gasteiger partial charge >= 0.3 is 0 Å². The normalized spacial score (nSPS) is 10.9. The number of nitrogens with two attached hydrogens (primary N) is 1. The van der Waals surface area contributed by atoms with Gasteiger partial charge in [-0.25, -0.2) is 0 Å². The van der Waals surface area contributed by atoms with E-state index in [-0.39, 0.29) is 5.91 Å². The lowest BCUT2D eigenvalue weighted by molar-refractivity contribution is 0.0951. The first kappa shape index (κ1) is 14.5. The molecule has 0 aliphatic carbocycles. The highest BCUT2D eigenvalue weighted by molar-refractivity contribution is 5.94. The highest BCUT2D eigenvalue weighted by Crippen LogP contribution is 2.05. The van der Waals surface area contributed by atoms with Crippen LogP contribution in [0.15, 0.2) is 24.3 Å². The quantitative estimate of drug-likeness (QED) is 0.596. The van der Waals surface area contributed by atoms with Gasteiger partial charge in [0.25, 0.3) is 5.91 Å². The number of carbonyl (C=O) groups excluding carboxylic acids is 1. The maximum Gasteiger partial charge on any atom is 0.251 e. The molecule has 0 saturated heterocycles. The molecule has 0 fully saturated rings. The Morgan fingerprint density at radius 1 is 1.33 bits per heavy atom. The Balaban J connectivity index is 2.27. The summed E-state index contributed by atoms with van der Waals surface area (Å²) in [4.78, 5) is 14.0. The Hall–Kier alpha value is -1.55. The number of hydrogen-bond acceptors (Lipinski definition) is 3. The molecule has 0 heterocycles. The third kappa shape index (κ3) is 4.75. The number of nitrogen functional groups attached to an aromatic ring is 1. The lowest BCUT2D eigenvalue weighted by atomic mass is 10.2. The molecule has 4 heteroatoms. The van der Waals surface area contributed by atoms with Gasteiger partial charge in [-0.2, -0.15) is 0 Å². The first-order valence-corrected chi connectivity index (χ1v) is 6.34. The summed E-state index contributed by atoms with van der Waals surface area (Å²) in [6.07, 6.45) is 0.954. The molecule has 0 spiro atoms. The largest absolute Gasteiger partial charge is 0.399 e. The molecule has 0 saturated carbocycles. The summed E-state index contributed by atoms with van der Waals surface area (Å²) in [5.41, 5.74) is 6.90. The SMILES string of the molecule is CC(C)N(C)CCCNC(=O)c1ccc(N)cc1. The molecule has 1 aromatic rings. The van der Waals surface area contributed by atoms with Crippen LogP contribution in [-0.4, -0.2) is 37.0 Å². The van der Waals surface area contributed by atoms with Crippen molar-refractivity contribution in [1.29, 1.82) is 0 Å². The molecule has 0 aromatic heterocycles. The van der Waals surface area contributed by atoms with E-state index in [4.69, 9.17) is 5.73 Å². The molecule has 4 nitrogen and oxygen atoms in total. The van der Waals surface area contributed by atoms with Crippen LogP contribution in [0.5, 0.6) is 0 Å². The van der Waals surface area contributed by atoms with Crippen LogP contribution >= 0.6 is 0 Å². The van der Waals surface area contributed by atoms with Crippen molar-refractivity contribution in [3.8, 4) is 0 Å². The van der Waals surface area contributed by atoms with Crippen LogP contribution in [0.1, 0.15) is 30.6 Å². The van der Waals surface area contributed by atoms with Crippen LogP contribution < -0.4 is 11.1 Å². The summed E-state index contributed by atoms with van der Waals surface area (Å²) >= 11 is 0. The highest BCUT2D eigenvalue weighted by Gasteiger charge is 2.05. The molecule has 0 radical (unpaired) electrons. The van der Waals surface area contributed by atoms with E-state index in [0.29, 0.717) is 23.8 Å². The van der Waals surface area contributed by atoms with Crippen molar-refractivity contribution in [3.63, 3.8) is 0 Å². The fraction of sp³-hybridized carbons (Fsp3) is 0.500. The summed E-state index contributed by atoms with van der Waals surface area (Å²) in [5, 5.41) is 2.91. The van der Waals surface area contributed by atoms with Gasteiger partial charge in [-0.1, -0.05) is 0 Å². The van der Waals surface area contributed by atoms with Gasteiger partial charge < -0.3 is 16.0 Å². The molecule has 0 aliphatic rings. The average Bonchev–Trinajstić information content (AvgIpc) is 2.34. The third-order valence-corrected chi connectivity index (χ3v) is 3.03. The number of nitrogens with one attached hydrogen (secondary N) is 1. The van der Waals surface area contributed by atoms with Gasteiger partial charge in [0.05, 0.1) is 0 Å². The molecule has 0 atom stereocenters. The van der Waals surface area contributed by atoms with E-state index in [1.165, 1.54) is 0 Å². The van der Waals surface area contributed by atoms with Crippen LogP contribution in [0, 0.1) is 0 Å². The van der Waals surface area contributed by atoms with E-state index < -0.39 is 0 Å². The summed E-state index contributed by atoms with van der Waals surface area (Å²) < 4.78 is 0. The number of benzene rings is 1. The molecule has 3 N–H and O–H groups in total. The summed E-state index contributed by atoms with van der Waals surface area (Å²) in [5.74, 6) is -0.0396. The maximum atomic E-state index is 11.8. The zero-order valence-corrected chi connectivity index (χ0v) is 11.4. The Morgan fingerprint density at radius 2 is 1.94 bits per heavy atom. The maximum absolute atomic E-state index is 11.8. The minimum Gasteiger partial charge on any atom is -0.399 e. The molecular formula is C14H23N3O. The van der Waals surface area contributed by atoms with Gasteiger partial charge in [-0.15, -0.1) is 0 Å². The number of rotatable bonds is 6. The van der Waals surface area contributed by atoms with Crippen molar-refractivity contribution < 1.29 is 4.79 Å². The van der Waals surface area contributed by atoms with Crippen molar-refractivity contribution in [2.24, 2.45) is 0 Å². The van der Waals surface area contributed by atoms with Gasteiger partial charge in [0, 0.05) is 23.8 Å². The lowest BCUT2D eigenvalue weighted by Crippen LogP contribution is -2.31. The molecule has 1 rings (SSSR count). The molecule has 1 aromatic carbocycles.